The quantitative estimate of drug-likeness (QED) is 0.744. The Hall–Kier alpha value is -1.66. The highest BCUT2D eigenvalue weighted by Gasteiger charge is 2.38. The van der Waals surface area contributed by atoms with Crippen molar-refractivity contribution in [1.82, 2.24) is 19.4 Å². The van der Waals surface area contributed by atoms with Gasteiger partial charge in [-0.1, -0.05) is 12.8 Å². The van der Waals surface area contributed by atoms with Gasteiger partial charge in [0.2, 0.25) is 10.0 Å². The number of hydrogen-bond acceptors (Lipinski definition) is 5. The maximum absolute atomic E-state index is 11.2. The summed E-state index contributed by atoms with van der Waals surface area (Å²) in [6, 6.07) is 3.04. The molecular weight excluding hydrogens is 401 g/mol. The van der Waals surface area contributed by atoms with Crippen LogP contribution in [-0.2, 0) is 21.4 Å². The Labute approximate surface area is 161 Å². The molecule has 12 heteroatoms. The normalized spacial score (nSPS) is 21.1. The van der Waals surface area contributed by atoms with Crippen LogP contribution in [0.15, 0.2) is 12.3 Å². The van der Waals surface area contributed by atoms with Gasteiger partial charge in [-0.15, -0.1) is 0 Å². The van der Waals surface area contributed by atoms with Crippen LogP contribution in [0.25, 0.3) is 0 Å². The molecule has 0 radical (unpaired) electrons. The van der Waals surface area contributed by atoms with E-state index in [2.05, 4.69) is 25.5 Å². The number of halogens is 3. The molecule has 1 atom stereocenters. The molecular formula is C16H25F3N4O4S. The number of aromatic nitrogens is 2. The van der Waals surface area contributed by atoms with E-state index in [1.807, 2.05) is 6.20 Å². The van der Waals surface area contributed by atoms with Crippen molar-refractivity contribution in [2.24, 2.45) is 0 Å². The summed E-state index contributed by atoms with van der Waals surface area (Å²) >= 11 is 0. The summed E-state index contributed by atoms with van der Waals surface area (Å²) in [5.74, 6) is -2.76. The predicted molar refractivity (Wildman–Crippen MR) is 95.1 cm³/mol. The molecule has 2 heterocycles. The minimum atomic E-state index is -5.08. The highest BCUT2D eigenvalue weighted by atomic mass is 32.2. The van der Waals surface area contributed by atoms with E-state index in [4.69, 9.17) is 9.90 Å². The van der Waals surface area contributed by atoms with Crippen LogP contribution < -0.4 is 4.72 Å². The van der Waals surface area contributed by atoms with Crippen molar-refractivity contribution in [2.75, 3.05) is 19.3 Å². The number of carbonyl (C=O) groups is 1. The number of alkyl halides is 3. The minimum Gasteiger partial charge on any atom is -0.475 e. The lowest BCUT2D eigenvalue weighted by Crippen LogP contribution is -2.43. The van der Waals surface area contributed by atoms with Crippen molar-refractivity contribution in [3.63, 3.8) is 0 Å². The maximum Gasteiger partial charge on any atom is 0.490 e. The third-order valence-electron chi connectivity index (χ3n) is 4.83. The van der Waals surface area contributed by atoms with Crippen molar-refractivity contribution >= 4 is 16.0 Å². The van der Waals surface area contributed by atoms with Gasteiger partial charge in [0.05, 0.1) is 18.0 Å². The molecule has 160 valence electrons. The first-order valence-corrected chi connectivity index (χ1v) is 10.9. The zero-order valence-electron chi connectivity index (χ0n) is 15.5. The van der Waals surface area contributed by atoms with Crippen LogP contribution in [0.1, 0.15) is 43.8 Å². The number of aliphatic carboxylic acids is 1. The van der Waals surface area contributed by atoms with Crippen molar-refractivity contribution in [3.8, 4) is 0 Å². The van der Waals surface area contributed by atoms with Crippen molar-refractivity contribution in [2.45, 2.75) is 56.9 Å². The molecule has 1 fully saturated rings. The fraction of sp³-hybridized carbons (Fsp3) is 0.750. The Morgan fingerprint density at radius 2 is 1.96 bits per heavy atom. The lowest BCUT2D eigenvalue weighted by Gasteiger charge is -2.37. The van der Waals surface area contributed by atoms with Crippen LogP contribution in [0.4, 0.5) is 13.2 Å². The van der Waals surface area contributed by atoms with Gasteiger partial charge < -0.3 is 5.11 Å². The summed E-state index contributed by atoms with van der Waals surface area (Å²) in [6.07, 6.45) is 4.01. The predicted octanol–water partition coefficient (Wildman–Crippen LogP) is 1.75. The van der Waals surface area contributed by atoms with E-state index >= 15 is 0 Å². The van der Waals surface area contributed by atoms with Gasteiger partial charge in [0.15, 0.2) is 0 Å². The Balaban J connectivity index is 0.000000345. The van der Waals surface area contributed by atoms with Gasteiger partial charge in [0, 0.05) is 31.9 Å². The second-order valence-electron chi connectivity index (χ2n) is 7.05. The Kier molecular flexibility index (Phi) is 7.46. The van der Waals surface area contributed by atoms with Gasteiger partial charge in [-0.2, -0.15) is 18.3 Å². The highest BCUT2D eigenvalue weighted by molar-refractivity contribution is 7.88. The Bertz CT molecular complexity index is 760. The third kappa shape index (κ3) is 6.74. The number of carboxylic acids is 1. The van der Waals surface area contributed by atoms with Gasteiger partial charge in [-0.05, 0) is 25.3 Å². The second-order valence-corrected chi connectivity index (χ2v) is 8.88. The molecule has 0 aromatic carbocycles. The number of carboxylic acid groups (broad SMARTS) is 1. The zero-order chi connectivity index (χ0) is 20.9. The molecule has 0 bridgehead atoms. The lowest BCUT2D eigenvalue weighted by atomic mass is 10.1. The largest absolute Gasteiger partial charge is 0.490 e. The second kappa shape index (κ2) is 9.23. The minimum absolute atomic E-state index is 0.263. The fourth-order valence-electron chi connectivity index (χ4n) is 3.59. The smallest absolute Gasteiger partial charge is 0.475 e. The van der Waals surface area contributed by atoms with Crippen LogP contribution in [-0.4, -0.2) is 65.7 Å². The topological polar surface area (TPSA) is 105 Å². The van der Waals surface area contributed by atoms with Gasteiger partial charge in [-0.3, -0.25) is 9.58 Å². The molecule has 0 spiro atoms. The fourth-order valence-corrected chi connectivity index (χ4v) is 4.08. The molecule has 1 aromatic rings. The zero-order valence-corrected chi connectivity index (χ0v) is 16.3. The average molecular weight is 426 g/mol. The molecule has 1 aromatic heterocycles. The molecule has 1 saturated carbocycles. The van der Waals surface area contributed by atoms with Crippen LogP contribution in [0.3, 0.4) is 0 Å². The van der Waals surface area contributed by atoms with E-state index in [1.165, 1.54) is 37.6 Å². The van der Waals surface area contributed by atoms with Crippen molar-refractivity contribution in [3.05, 3.63) is 18.0 Å². The van der Waals surface area contributed by atoms with E-state index in [9.17, 15) is 21.6 Å². The SMILES string of the molecule is CS(=O)(=O)NCCC1CN(C2CCCC2)Cc2ccnn21.O=C(O)C(F)(F)F. The monoisotopic (exact) mass is 426 g/mol. The molecule has 28 heavy (non-hydrogen) atoms. The molecule has 8 nitrogen and oxygen atoms in total. The number of nitrogens with zero attached hydrogens (tertiary/aromatic N) is 3. The van der Waals surface area contributed by atoms with Gasteiger partial charge in [-0.25, -0.2) is 17.9 Å². The summed E-state index contributed by atoms with van der Waals surface area (Å²) < 4.78 is 58.8. The van der Waals surface area contributed by atoms with E-state index in [-0.39, 0.29) is 6.04 Å². The summed E-state index contributed by atoms with van der Waals surface area (Å²) in [5, 5.41) is 11.6. The van der Waals surface area contributed by atoms with Crippen molar-refractivity contribution < 1.29 is 31.5 Å². The highest BCUT2D eigenvalue weighted by Crippen LogP contribution is 2.30. The van der Waals surface area contributed by atoms with Gasteiger partial charge in [0.25, 0.3) is 0 Å². The molecule has 1 aliphatic heterocycles. The van der Waals surface area contributed by atoms with Crippen LogP contribution in [0, 0.1) is 0 Å². The molecule has 1 unspecified atom stereocenters. The van der Waals surface area contributed by atoms with E-state index in [0.717, 1.165) is 19.5 Å². The number of hydrogen-bond donors (Lipinski definition) is 2. The standard InChI is InChI=1S/C14H24N4O2S.C2HF3O2/c1-21(19,20)16-9-7-14-11-17(12-4-2-3-5-12)10-13-6-8-15-18(13)14;3-2(4,5)1(6)7/h6,8,12,14,16H,2-5,7,9-11H2,1H3;(H,6,7). The molecule has 3 rings (SSSR count). The summed E-state index contributed by atoms with van der Waals surface area (Å²) in [7, 11) is -3.11. The first-order valence-electron chi connectivity index (χ1n) is 8.98. The first-order chi connectivity index (χ1) is 13.0. The molecule has 2 aliphatic rings. The third-order valence-corrected chi connectivity index (χ3v) is 5.56. The average Bonchev–Trinajstić information content (AvgIpc) is 3.24. The van der Waals surface area contributed by atoms with Crippen molar-refractivity contribution in [1.29, 1.82) is 0 Å². The Morgan fingerprint density at radius 1 is 1.36 bits per heavy atom. The lowest BCUT2D eigenvalue weighted by molar-refractivity contribution is -0.192. The number of nitrogens with one attached hydrogen (secondary N) is 1. The van der Waals surface area contributed by atoms with Gasteiger partial charge in [0.1, 0.15) is 0 Å². The van der Waals surface area contributed by atoms with Gasteiger partial charge >= 0.3 is 12.1 Å². The number of sulfonamides is 1. The molecule has 0 amide bonds. The molecule has 2 N–H and O–H groups in total. The summed E-state index contributed by atoms with van der Waals surface area (Å²) in [5.41, 5.74) is 1.25. The number of fused-ring (bicyclic) bond motifs is 1. The van der Waals surface area contributed by atoms with Crippen LogP contribution >= 0.6 is 0 Å². The number of rotatable bonds is 5. The first kappa shape index (κ1) is 22.6. The van der Waals surface area contributed by atoms with E-state index in [1.54, 1.807) is 0 Å². The molecule has 0 saturated heterocycles. The summed E-state index contributed by atoms with van der Waals surface area (Å²) in [6.45, 7) is 2.42. The Morgan fingerprint density at radius 3 is 2.50 bits per heavy atom. The summed E-state index contributed by atoms with van der Waals surface area (Å²) in [4.78, 5) is 11.5. The van der Waals surface area contributed by atoms with E-state index < -0.39 is 22.2 Å². The van der Waals surface area contributed by atoms with Crippen LogP contribution in [0.5, 0.6) is 0 Å². The maximum atomic E-state index is 11.2. The van der Waals surface area contributed by atoms with Crippen LogP contribution in [0.2, 0.25) is 0 Å². The van der Waals surface area contributed by atoms with E-state index in [0.29, 0.717) is 12.6 Å². The molecule has 1 aliphatic carbocycles.